The van der Waals surface area contributed by atoms with E-state index in [2.05, 4.69) is 36.8 Å². The lowest BCUT2D eigenvalue weighted by Crippen LogP contribution is -2.20. The Bertz CT molecular complexity index is 490. The summed E-state index contributed by atoms with van der Waals surface area (Å²) in [6.07, 6.45) is 0. The van der Waals surface area contributed by atoms with Gasteiger partial charge in [-0.2, -0.15) is 0 Å². The first-order chi connectivity index (χ1) is 7.01. The number of hydrogen-bond acceptors (Lipinski definition) is 4. The molecule has 0 N–H and O–H groups in total. The minimum atomic E-state index is -1.67. The summed E-state index contributed by atoms with van der Waals surface area (Å²) in [5, 5.41) is 10.7. The van der Waals surface area contributed by atoms with Crippen LogP contribution in [0.15, 0.2) is 28.7 Å². The van der Waals surface area contributed by atoms with Crippen molar-refractivity contribution in [1.29, 1.82) is 0 Å². The maximum Gasteiger partial charge on any atom is 0.400 e. The van der Waals surface area contributed by atoms with Crippen molar-refractivity contribution in [3.05, 3.63) is 40.3 Å². The molecular formula is C8H4Br2N2O3. The van der Waals surface area contributed by atoms with Crippen LogP contribution < -0.4 is 0 Å². The van der Waals surface area contributed by atoms with Crippen LogP contribution in [-0.2, 0) is 3.36 Å². The van der Waals surface area contributed by atoms with Gasteiger partial charge in [-0.1, -0.05) is 12.1 Å². The van der Waals surface area contributed by atoms with E-state index in [1.165, 1.54) is 0 Å². The highest BCUT2D eigenvalue weighted by Crippen LogP contribution is 2.39. The maximum absolute atomic E-state index is 10.7. The first kappa shape index (κ1) is 10.6. The molecule has 7 heteroatoms. The van der Waals surface area contributed by atoms with Gasteiger partial charge in [0, 0.05) is 31.9 Å². The molecule has 2 aromatic rings. The normalized spacial score (nSPS) is 11.9. The van der Waals surface area contributed by atoms with Crippen molar-refractivity contribution >= 4 is 43.0 Å². The fourth-order valence-electron chi connectivity index (χ4n) is 1.08. The molecule has 78 valence electrons. The van der Waals surface area contributed by atoms with Crippen LogP contribution in [0.2, 0.25) is 0 Å². The molecule has 0 fully saturated rings. The Labute approximate surface area is 101 Å². The molecule has 0 radical (unpaired) electrons. The number of benzene rings is 1. The van der Waals surface area contributed by atoms with Gasteiger partial charge in [-0.3, -0.25) is 10.1 Å². The molecule has 0 unspecified atom stereocenters. The van der Waals surface area contributed by atoms with Gasteiger partial charge in [0.15, 0.2) is 5.58 Å². The highest BCUT2D eigenvalue weighted by Gasteiger charge is 2.44. The van der Waals surface area contributed by atoms with Crippen molar-refractivity contribution in [2.24, 2.45) is 0 Å². The molecule has 0 bridgehead atoms. The van der Waals surface area contributed by atoms with Crippen LogP contribution in [0, 0.1) is 10.1 Å². The van der Waals surface area contributed by atoms with Crippen LogP contribution in [0.3, 0.4) is 0 Å². The fourth-order valence-corrected chi connectivity index (χ4v) is 1.42. The standard InChI is InChI=1S/C8H4Br2N2O3/c9-8(10,12(13)14)7-11-5-3-1-2-4-6(5)15-7/h1-4H. The molecule has 5 nitrogen and oxygen atoms in total. The third-order valence-corrected chi connectivity index (χ3v) is 3.04. The third kappa shape index (κ3) is 1.76. The molecule has 1 heterocycles. The van der Waals surface area contributed by atoms with Crippen molar-refractivity contribution < 1.29 is 9.34 Å². The summed E-state index contributed by atoms with van der Waals surface area (Å²) in [6, 6.07) is 6.97. The molecule has 0 amide bonds. The largest absolute Gasteiger partial charge is 0.433 e. The molecule has 0 aliphatic carbocycles. The lowest BCUT2D eigenvalue weighted by molar-refractivity contribution is -0.514. The summed E-state index contributed by atoms with van der Waals surface area (Å²) >= 11 is 5.79. The van der Waals surface area contributed by atoms with E-state index in [0.717, 1.165) is 0 Å². The van der Waals surface area contributed by atoms with Gasteiger partial charge in [-0.25, -0.2) is 4.98 Å². The Hall–Kier alpha value is -0.950. The van der Waals surface area contributed by atoms with Gasteiger partial charge in [-0.15, -0.1) is 0 Å². The van der Waals surface area contributed by atoms with Gasteiger partial charge in [0.05, 0.1) is 4.92 Å². The maximum atomic E-state index is 10.7. The van der Waals surface area contributed by atoms with Gasteiger partial charge in [0.2, 0.25) is 0 Å². The summed E-state index contributed by atoms with van der Waals surface area (Å²) in [4.78, 5) is 14.1. The van der Waals surface area contributed by atoms with E-state index in [1.807, 2.05) is 0 Å². The molecule has 0 atom stereocenters. The van der Waals surface area contributed by atoms with Gasteiger partial charge >= 0.3 is 3.36 Å². The number of aromatic nitrogens is 1. The van der Waals surface area contributed by atoms with Gasteiger partial charge in [0.25, 0.3) is 5.89 Å². The van der Waals surface area contributed by atoms with Crippen molar-refractivity contribution in [2.45, 2.75) is 3.36 Å². The van der Waals surface area contributed by atoms with Crippen molar-refractivity contribution in [2.75, 3.05) is 0 Å². The van der Waals surface area contributed by atoms with E-state index >= 15 is 0 Å². The van der Waals surface area contributed by atoms with Crippen LogP contribution in [0.1, 0.15) is 5.89 Å². The molecule has 0 saturated carbocycles. The topological polar surface area (TPSA) is 69.2 Å². The van der Waals surface area contributed by atoms with Crippen molar-refractivity contribution in [1.82, 2.24) is 4.98 Å². The van der Waals surface area contributed by atoms with E-state index in [1.54, 1.807) is 24.3 Å². The van der Waals surface area contributed by atoms with E-state index in [-0.39, 0.29) is 5.89 Å². The zero-order chi connectivity index (χ0) is 11.1. The van der Waals surface area contributed by atoms with Crippen LogP contribution in [-0.4, -0.2) is 9.91 Å². The Morgan fingerprint density at radius 1 is 1.40 bits per heavy atom. The summed E-state index contributed by atoms with van der Waals surface area (Å²) in [5.74, 6) is -0.0336. The summed E-state index contributed by atoms with van der Waals surface area (Å²) in [5.41, 5.74) is 1.09. The summed E-state index contributed by atoms with van der Waals surface area (Å²) < 4.78 is 3.58. The lowest BCUT2D eigenvalue weighted by atomic mass is 10.3. The number of hydrogen-bond donors (Lipinski definition) is 0. The summed E-state index contributed by atoms with van der Waals surface area (Å²) in [6.45, 7) is 0. The van der Waals surface area contributed by atoms with Crippen LogP contribution >= 0.6 is 31.9 Å². The second-order valence-corrected chi connectivity index (χ2v) is 6.14. The lowest BCUT2D eigenvalue weighted by Gasteiger charge is -2.05. The quantitative estimate of drug-likeness (QED) is 0.366. The number of nitrogens with zero attached hydrogens (tertiary/aromatic N) is 2. The van der Waals surface area contributed by atoms with Crippen LogP contribution in [0.5, 0.6) is 0 Å². The minimum absolute atomic E-state index is 0.0336. The fraction of sp³-hybridized carbons (Fsp3) is 0.125. The Morgan fingerprint density at radius 3 is 2.67 bits per heavy atom. The highest BCUT2D eigenvalue weighted by atomic mass is 79.9. The van der Waals surface area contributed by atoms with Gasteiger partial charge in [-0.05, 0) is 12.1 Å². The van der Waals surface area contributed by atoms with E-state index in [9.17, 15) is 10.1 Å². The molecule has 2 rings (SSSR count). The second kappa shape index (κ2) is 3.57. The first-order valence-electron chi connectivity index (χ1n) is 3.90. The molecule has 0 saturated heterocycles. The monoisotopic (exact) mass is 334 g/mol. The van der Waals surface area contributed by atoms with Crippen molar-refractivity contribution in [3.63, 3.8) is 0 Å². The Kier molecular flexibility index (Phi) is 2.51. The number of nitro groups is 1. The smallest absolute Gasteiger partial charge is 0.400 e. The highest BCUT2D eigenvalue weighted by molar-refractivity contribution is 9.24. The number of para-hydroxylation sites is 2. The van der Waals surface area contributed by atoms with E-state index in [0.29, 0.717) is 11.1 Å². The van der Waals surface area contributed by atoms with Crippen LogP contribution in [0.4, 0.5) is 0 Å². The molecule has 1 aromatic heterocycles. The zero-order valence-electron chi connectivity index (χ0n) is 7.18. The number of halogens is 2. The predicted octanol–water partition coefficient (Wildman–Crippen LogP) is 3.00. The number of oxazole rings is 1. The molecule has 0 aliphatic heterocycles. The first-order valence-corrected chi connectivity index (χ1v) is 5.49. The zero-order valence-corrected chi connectivity index (χ0v) is 10.4. The number of alkyl halides is 2. The molecule has 1 aromatic carbocycles. The van der Waals surface area contributed by atoms with E-state index < -0.39 is 8.28 Å². The van der Waals surface area contributed by atoms with Gasteiger partial charge < -0.3 is 4.42 Å². The van der Waals surface area contributed by atoms with Gasteiger partial charge in [0.1, 0.15) is 5.52 Å². The summed E-state index contributed by atoms with van der Waals surface area (Å²) in [7, 11) is 0. The Balaban J connectivity index is 2.58. The predicted molar refractivity (Wildman–Crippen MR) is 60.5 cm³/mol. The number of fused-ring (bicyclic) bond motifs is 1. The Morgan fingerprint density at radius 2 is 2.07 bits per heavy atom. The van der Waals surface area contributed by atoms with Crippen molar-refractivity contribution in [3.8, 4) is 0 Å². The molecule has 15 heavy (non-hydrogen) atoms. The molecular weight excluding hydrogens is 332 g/mol. The minimum Gasteiger partial charge on any atom is -0.433 e. The second-order valence-electron chi connectivity index (χ2n) is 2.79. The average molecular weight is 336 g/mol. The SMILES string of the molecule is O=[N+]([O-])C(Br)(Br)c1nc2ccccc2o1. The molecule has 0 spiro atoms. The van der Waals surface area contributed by atoms with E-state index in [4.69, 9.17) is 4.42 Å². The molecule has 0 aliphatic rings. The van der Waals surface area contributed by atoms with Crippen LogP contribution in [0.25, 0.3) is 11.1 Å². The average Bonchev–Trinajstić information content (AvgIpc) is 2.61. The third-order valence-electron chi connectivity index (χ3n) is 1.78. The number of rotatable bonds is 2.